The Hall–Kier alpha value is -3.26. The van der Waals surface area contributed by atoms with Crippen LogP contribution < -0.4 is 20.1 Å². The largest absolute Gasteiger partial charge is 0.497 e. The summed E-state index contributed by atoms with van der Waals surface area (Å²) in [7, 11) is 3.08. The number of nitrogens with one attached hydrogen (secondary N) is 2. The predicted molar refractivity (Wildman–Crippen MR) is 135 cm³/mol. The zero-order chi connectivity index (χ0) is 23.4. The van der Waals surface area contributed by atoms with Gasteiger partial charge in [-0.3, -0.25) is 4.79 Å². The molecule has 0 atom stereocenters. The fraction of sp³-hybridized carbons (Fsp3) is 0.0833. The Balaban J connectivity index is 1.51. The molecule has 0 aliphatic carbocycles. The van der Waals surface area contributed by atoms with Crippen molar-refractivity contribution >= 4 is 57.0 Å². The number of amides is 1. The molecule has 168 valence electrons. The van der Waals surface area contributed by atoms with Crippen molar-refractivity contribution in [2.24, 2.45) is 0 Å². The smallest absolute Gasteiger partial charge is 0.255 e. The Morgan fingerprint density at radius 2 is 1.73 bits per heavy atom. The third kappa shape index (κ3) is 5.57. The summed E-state index contributed by atoms with van der Waals surface area (Å²) in [5.41, 5.74) is 3.42. The van der Waals surface area contributed by atoms with Crippen molar-refractivity contribution in [1.82, 2.24) is 4.98 Å². The second kappa shape index (κ2) is 10.1. The predicted octanol–water partition coefficient (Wildman–Crippen LogP) is 7.13. The summed E-state index contributed by atoms with van der Waals surface area (Å²) in [5.74, 6) is 0.801. The van der Waals surface area contributed by atoms with E-state index in [0.717, 1.165) is 16.9 Å². The lowest BCUT2D eigenvalue weighted by molar-refractivity contribution is 0.102. The van der Waals surface area contributed by atoms with Crippen LogP contribution in [-0.2, 0) is 0 Å². The van der Waals surface area contributed by atoms with Crippen molar-refractivity contribution in [3.63, 3.8) is 0 Å². The van der Waals surface area contributed by atoms with E-state index in [-0.39, 0.29) is 5.91 Å². The molecule has 0 bridgehead atoms. The quantitative estimate of drug-likeness (QED) is 0.283. The van der Waals surface area contributed by atoms with Crippen LogP contribution in [0.3, 0.4) is 0 Å². The van der Waals surface area contributed by atoms with Gasteiger partial charge in [0.25, 0.3) is 5.91 Å². The second-order valence-corrected chi connectivity index (χ2v) is 8.63. The molecule has 0 saturated heterocycles. The number of halogens is 2. The number of nitrogens with zero attached hydrogens (tertiary/aromatic N) is 1. The molecule has 0 fully saturated rings. The minimum absolute atomic E-state index is 0.276. The van der Waals surface area contributed by atoms with E-state index in [9.17, 15) is 4.79 Å². The number of aromatic nitrogens is 1. The summed E-state index contributed by atoms with van der Waals surface area (Å²) in [6, 6.07) is 17.7. The standard InChI is InChI=1S/C24H19Cl2N3O3S/c1-31-18-9-15(10-19(12-18)32-2)23(30)27-17-5-3-4-14(8-17)22-13-33-24(29-22)28-21-7-6-16(25)11-20(21)26/h3-13H,1-2H3,(H,27,30)(H,28,29). The highest BCUT2D eigenvalue weighted by molar-refractivity contribution is 7.14. The summed E-state index contributed by atoms with van der Waals surface area (Å²) < 4.78 is 10.5. The van der Waals surface area contributed by atoms with Gasteiger partial charge in [-0.05, 0) is 42.5 Å². The normalized spacial score (nSPS) is 10.5. The first kappa shape index (κ1) is 22.9. The Kier molecular flexibility index (Phi) is 7.03. The summed E-state index contributed by atoms with van der Waals surface area (Å²) >= 11 is 13.6. The number of thiazole rings is 1. The average molecular weight is 500 g/mol. The maximum atomic E-state index is 12.8. The van der Waals surface area contributed by atoms with Crippen LogP contribution in [0.2, 0.25) is 10.0 Å². The molecule has 0 aliphatic rings. The fourth-order valence-corrected chi connectivity index (χ4v) is 4.26. The van der Waals surface area contributed by atoms with E-state index in [2.05, 4.69) is 15.6 Å². The first-order valence-corrected chi connectivity index (χ1v) is 11.4. The molecule has 33 heavy (non-hydrogen) atoms. The number of benzene rings is 3. The Morgan fingerprint density at radius 3 is 2.42 bits per heavy atom. The maximum absolute atomic E-state index is 12.8. The van der Waals surface area contributed by atoms with Crippen LogP contribution >= 0.6 is 34.5 Å². The van der Waals surface area contributed by atoms with E-state index in [0.29, 0.717) is 37.9 Å². The number of ether oxygens (including phenoxy) is 2. The van der Waals surface area contributed by atoms with Crippen molar-refractivity contribution in [2.75, 3.05) is 24.9 Å². The van der Waals surface area contributed by atoms with Crippen LogP contribution in [0, 0.1) is 0 Å². The molecule has 0 saturated carbocycles. The fourth-order valence-electron chi connectivity index (χ4n) is 3.07. The maximum Gasteiger partial charge on any atom is 0.255 e. The number of hydrogen-bond donors (Lipinski definition) is 2. The Bertz CT molecular complexity index is 1290. The molecule has 9 heteroatoms. The zero-order valence-corrected chi connectivity index (χ0v) is 20.0. The molecule has 0 aliphatic heterocycles. The summed E-state index contributed by atoms with van der Waals surface area (Å²) in [5, 5.41) is 9.81. The molecule has 0 radical (unpaired) electrons. The van der Waals surface area contributed by atoms with Crippen LogP contribution in [0.1, 0.15) is 10.4 Å². The van der Waals surface area contributed by atoms with Gasteiger partial charge in [-0.2, -0.15) is 0 Å². The number of hydrogen-bond acceptors (Lipinski definition) is 6. The molecule has 4 rings (SSSR count). The highest BCUT2D eigenvalue weighted by atomic mass is 35.5. The minimum atomic E-state index is -0.276. The van der Waals surface area contributed by atoms with Gasteiger partial charge in [0.2, 0.25) is 0 Å². The van der Waals surface area contributed by atoms with Crippen molar-refractivity contribution in [2.45, 2.75) is 0 Å². The Morgan fingerprint density at radius 1 is 0.970 bits per heavy atom. The molecule has 1 amide bonds. The Labute approximate surface area is 205 Å². The van der Waals surface area contributed by atoms with E-state index in [4.69, 9.17) is 32.7 Å². The molecule has 2 N–H and O–H groups in total. The molecule has 3 aromatic carbocycles. The van der Waals surface area contributed by atoms with Crippen LogP contribution in [-0.4, -0.2) is 25.1 Å². The van der Waals surface area contributed by atoms with Crippen LogP contribution in [0.25, 0.3) is 11.3 Å². The lowest BCUT2D eigenvalue weighted by Gasteiger charge is -2.10. The lowest BCUT2D eigenvalue weighted by Crippen LogP contribution is -2.12. The number of rotatable bonds is 7. The number of anilines is 3. The molecule has 1 heterocycles. The third-order valence-electron chi connectivity index (χ3n) is 4.71. The van der Waals surface area contributed by atoms with Gasteiger partial charge in [0.1, 0.15) is 11.5 Å². The average Bonchev–Trinajstić information content (AvgIpc) is 3.29. The zero-order valence-electron chi connectivity index (χ0n) is 17.7. The minimum Gasteiger partial charge on any atom is -0.497 e. The molecule has 6 nitrogen and oxygen atoms in total. The van der Waals surface area contributed by atoms with Crippen LogP contribution in [0.5, 0.6) is 11.5 Å². The van der Waals surface area contributed by atoms with E-state index >= 15 is 0 Å². The number of carbonyl (C=O) groups is 1. The van der Waals surface area contributed by atoms with Crippen LogP contribution in [0.4, 0.5) is 16.5 Å². The van der Waals surface area contributed by atoms with Gasteiger partial charge in [-0.1, -0.05) is 35.3 Å². The van der Waals surface area contributed by atoms with E-state index in [1.165, 1.54) is 25.6 Å². The molecule has 0 spiro atoms. The SMILES string of the molecule is COc1cc(OC)cc(C(=O)Nc2cccc(-c3csc(Nc4ccc(Cl)cc4Cl)n3)c2)c1. The molecule has 1 aromatic heterocycles. The summed E-state index contributed by atoms with van der Waals surface area (Å²) in [6.07, 6.45) is 0. The van der Waals surface area contributed by atoms with Gasteiger partial charge >= 0.3 is 0 Å². The topological polar surface area (TPSA) is 72.5 Å². The van der Waals surface area contributed by atoms with Gasteiger partial charge in [0, 0.05) is 33.3 Å². The second-order valence-electron chi connectivity index (χ2n) is 6.92. The molecular weight excluding hydrogens is 481 g/mol. The monoisotopic (exact) mass is 499 g/mol. The summed E-state index contributed by atoms with van der Waals surface area (Å²) in [4.78, 5) is 17.4. The first-order chi connectivity index (χ1) is 15.9. The third-order valence-corrected chi connectivity index (χ3v) is 6.01. The van der Waals surface area contributed by atoms with Crippen molar-refractivity contribution < 1.29 is 14.3 Å². The van der Waals surface area contributed by atoms with Crippen molar-refractivity contribution in [3.8, 4) is 22.8 Å². The highest BCUT2D eigenvalue weighted by Gasteiger charge is 2.12. The number of carbonyl (C=O) groups excluding carboxylic acids is 1. The van der Waals surface area contributed by atoms with Gasteiger partial charge in [0.15, 0.2) is 5.13 Å². The molecule has 4 aromatic rings. The van der Waals surface area contributed by atoms with E-state index < -0.39 is 0 Å². The molecular formula is C24H19Cl2N3O3S. The van der Waals surface area contributed by atoms with Crippen molar-refractivity contribution in [1.29, 1.82) is 0 Å². The summed E-state index contributed by atoms with van der Waals surface area (Å²) in [6.45, 7) is 0. The van der Waals surface area contributed by atoms with Crippen LogP contribution in [0.15, 0.2) is 66.0 Å². The van der Waals surface area contributed by atoms with Gasteiger partial charge in [-0.15, -0.1) is 11.3 Å². The highest BCUT2D eigenvalue weighted by Crippen LogP contribution is 2.32. The van der Waals surface area contributed by atoms with Gasteiger partial charge in [-0.25, -0.2) is 4.98 Å². The van der Waals surface area contributed by atoms with Crippen molar-refractivity contribution in [3.05, 3.63) is 81.7 Å². The first-order valence-electron chi connectivity index (χ1n) is 9.77. The number of methoxy groups -OCH3 is 2. The molecule has 0 unspecified atom stereocenters. The van der Waals surface area contributed by atoms with Gasteiger partial charge in [0.05, 0.1) is 30.6 Å². The van der Waals surface area contributed by atoms with E-state index in [1.54, 1.807) is 36.4 Å². The van der Waals surface area contributed by atoms with E-state index in [1.807, 2.05) is 29.6 Å². The van der Waals surface area contributed by atoms with Gasteiger partial charge < -0.3 is 20.1 Å². The lowest BCUT2D eigenvalue weighted by atomic mass is 10.1.